The van der Waals surface area contributed by atoms with E-state index in [4.69, 9.17) is 16.3 Å². The third-order valence-electron chi connectivity index (χ3n) is 7.15. The highest BCUT2D eigenvalue weighted by atomic mass is 35.5. The number of amides is 2. The van der Waals surface area contributed by atoms with Gasteiger partial charge in [-0.05, 0) is 69.1 Å². The molecule has 2 atom stereocenters. The van der Waals surface area contributed by atoms with Crippen LogP contribution in [-0.4, -0.2) is 70.4 Å². The van der Waals surface area contributed by atoms with Gasteiger partial charge >= 0.3 is 5.97 Å². The Labute approximate surface area is 239 Å². The van der Waals surface area contributed by atoms with Gasteiger partial charge in [-0.1, -0.05) is 35.4 Å². The van der Waals surface area contributed by atoms with Crippen LogP contribution in [0.4, 0.5) is 11.4 Å². The molecule has 2 heterocycles. The molecular formula is C28H33ClN4O6S. The van der Waals surface area contributed by atoms with Crippen molar-refractivity contribution in [1.82, 2.24) is 10.2 Å². The average molecular weight is 589 g/mol. The Morgan fingerprint density at radius 2 is 1.93 bits per heavy atom. The summed E-state index contributed by atoms with van der Waals surface area (Å²) in [4.78, 5) is 41.2. The second-order valence-electron chi connectivity index (χ2n) is 10.1. The number of aryl methyl sites for hydroxylation is 2. The minimum atomic E-state index is -4.32. The number of hydrogen-bond acceptors (Lipinski definition) is 7. The zero-order valence-corrected chi connectivity index (χ0v) is 24.4. The van der Waals surface area contributed by atoms with Gasteiger partial charge in [-0.3, -0.25) is 13.9 Å². The fourth-order valence-electron chi connectivity index (χ4n) is 4.90. The van der Waals surface area contributed by atoms with E-state index in [9.17, 15) is 22.8 Å². The van der Waals surface area contributed by atoms with E-state index in [-0.39, 0.29) is 17.0 Å². The maximum Gasteiger partial charge on any atom is 0.328 e. The molecular weight excluding hydrogens is 556 g/mol. The molecule has 0 unspecified atom stereocenters. The molecule has 2 aromatic carbocycles. The first-order valence-corrected chi connectivity index (χ1v) is 14.7. The largest absolute Gasteiger partial charge is 0.467 e. The molecule has 40 heavy (non-hydrogen) atoms. The van der Waals surface area contributed by atoms with Crippen molar-refractivity contribution in [3.05, 3.63) is 64.2 Å². The molecule has 0 bridgehead atoms. The Balaban J connectivity index is 1.66. The van der Waals surface area contributed by atoms with Crippen LogP contribution in [0.1, 0.15) is 30.4 Å². The van der Waals surface area contributed by atoms with Crippen LogP contribution in [0.5, 0.6) is 0 Å². The summed E-state index contributed by atoms with van der Waals surface area (Å²) in [6.07, 6.45) is 2.51. The summed E-state index contributed by atoms with van der Waals surface area (Å²) in [5, 5.41) is 5.80. The number of carbonyl (C=O) groups excluding carboxylic acids is 3. The Hall–Kier alpha value is -3.41. The van der Waals surface area contributed by atoms with Gasteiger partial charge < -0.3 is 20.3 Å². The van der Waals surface area contributed by atoms with Crippen molar-refractivity contribution < 1.29 is 27.5 Å². The summed E-state index contributed by atoms with van der Waals surface area (Å²) in [7, 11) is -1.09. The van der Waals surface area contributed by atoms with Crippen molar-refractivity contribution in [2.24, 2.45) is 0 Å². The van der Waals surface area contributed by atoms with Gasteiger partial charge in [0.05, 0.1) is 29.8 Å². The van der Waals surface area contributed by atoms with Crippen molar-refractivity contribution in [2.45, 2.75) is 50.1 Å². The number of anilines is 2. The molecule has 0 saturated carbocycles. The number of nitrogens with zero attached hydrogens (tertiary/aromatic N) is 2. The van der Waals surface area contributed by atoms with E-state index >= 15 is 0 Å². The van der Waals surface area contributed by atoms with E-state index in [1.807, 2.05) is 13.1 Å². The first-order valence-electron chi connectivity index (χ1n) is 12.9. The molecule has 10 nitrogen and oxygen atoms in total. The quantitative estimate of drug-likeness (QED) is 0.358. The number of methoxy groups -OCH3 is 1. The van der Waals surface area contributed by atoms with Gasteiger partial charge in [0.1, 0.15) is 12.1 Å². The summed E-state index contributed by atoms with van der Waals surface area (Å²) in [5.41, 5.74) is 2.50. The van der Waals surface area contributed by atoms with Crippen molar-refractivity contribution in [3.63, 3.8) is 0 Å². The highest BCUT2D eigenvalue weighted by Gasteiger charge is 2.43. The molecule has 0 aromatic heterocycles. The van der Waals surface area contributed by atoms with E-state index in [0.29, 0.717) is 21.8 Å². The van der Waals surface area contributed by atoms with Crippen LogP contribution in [-0.2, 0) is 29.1 Å². The van der Waals surface area contributed by atoms with Crippen LogP contribution in [0.25, 0.3) is 0 Å². The zero-order valence-electron chi connectivity index (χ0n) is 22.9. The predicted octanol–water partition coefficient (Wildman–Crippen LogP) is 3.17. The lowest BCUT2D eigenvalue weighted by atomic mass is 9.99. The second kappa shape index (κ2) is 12.0. The Morgan fingerprint density at radius 1 is 1.20 bits per heavy atom. The number of fused-ring (bicyclic) bond motifs is 1. The molecule has 4 rings (SSSR count). The number of ether oxygens (including phenoxy) is 1. The number of carbonyl (C=O) groups is 3. The molecule has 0 aliphatic carbocycles. The van der Waals surface area contributed by atoms with Crippen molar-refractivity contribution in [2.75, 3.05) is 36.9 Å². The van der Waals surface area contributed by atoms with Gasteiger partial charge in [-0.25, -0.2) is 13.2 Å². The van der Waals surface area contributed by atoms with Crippen molar-refractivity contribution >= 4 is 50.8 Å². The summed E-state index contributed by atoms with van der Waals surface area (Å²) in [6.45, 7) is 4.87. The van der Waals surface area contributed by atoms with Crippen LogP contribution in [0, 0.1) is 13.8 Å². The van der Waals surface area contributed by atoms with Crippen molar-refractivity contribution in [3.8, 4) is 0 Å². The molecule has 0 spiro atoms. The number of para-hydroxylation sites is 2. The van der Waals surface area contributed by atoms with Crippen LogP contribution in [0.3, 0.4) is 0 Å². The third-order valence-corrected chi connectivity index (χ3v) is 9.52. The lowest BCUT2D eigenvalue weighted by molar-refractivity contribution is -0.145. The molecule has 2 N–H and O–H groups in total. The third kappa shape index (κ3) is 6.16. The van der Waals surface area contributed by atoms with Crippen LogP contribution < -0.4 is 14.9 Å². The number of hydrogen-bond donors (Lipinski definition) is 2. The number of sulfonamides is 1. The average Bonchev–Trinajstić information content (AvgIpc) is 2.91. The molecule has 0 fully saturated rings. The highest BCUT2D eigenvalue weighted by molar-refractivity contribution is 7.93. The summed E-state index contributed by atoms with van der Waals surface area (Å²) < 4.78 is 34.1. The Kier molecular flexibility index (Phi) is 8.86. The van der Waals surface area contributed by atoms with E-state index in [0.717, 1.165) is 29.4 Å². The first-order chi connectivity index (χ1) is 18.9. The minimum Gasteiger partial charge on any atom is -0.467 e. The van der Waals surface area contributed by atoms with E-state index in [2.05, 4.69) is 15.5 Å². The molecule has 12 heteroatoms. The number of esters is 1. The lowest BCUT2D eigenvalue weighted by Crippen LogP contribution is -2.54. The lowest BCUT2D eigenvalue weighted by Gasteiger charge is -2.37. The van der Waals surface area contributed by atoms with Gasteiger partial charge in [-0.2, -0.15) is 0 Å². The predicted molar refractivity (Wildman–Crippen MR) is 153 cm³/mol. The number of halogens is 1. The highest BCUT2D eigenvalue weighted by Crippen LogP contribution is 2.38. The van der Waals surface area contributed by atoms with Gasteiger partial charge in [0.15, 0.2) is 0 Å². The minimum absolute atomic E-state index is 0.0223. The monoisotopic (exact) mass is 588 g/mol. The van der Waals surface area contributed by atoms with E-state index in [1.54, 1.807) is 44.2 Å². The van der Waals surface area contributed by atoms with Gasteiger partial charge in [0, 0.05) is 18.1 Å². The molecule has 0 saturated heterocycles. The number of nitrogens with one attached hydrogen (secondary N) is 2. The molecule has 2 amide bonds. The fraction of sp³-hybridized carbons (Fsp3) is 0.393. The molecule has 214 valence electrons. The van der Waals surface area contributed by atoms with E-state index in [1.165, 1.54) is 13.2 Å². The van der Waals surface area contributed by atoms with Crippen LogP contribution >= 0.6 is 11.6 Å². The second-order valence-corrected chi connectivity index (χ2v) is 12.3. The van der Waals surface area contributed by atoms with Gasteiger partial charge in [0.2, 0.25) is 11.8 Å². The first kappa shape index (κ1) is 29.6. The van der Waals surface area contributed by atoms with Gasteiger partial charge in [0.25, 0.3) is 10.0 Å². The molecule has 0 radical (unpaired) electrons. The van der Waals surface area contributed by atoms with Crippen molar-refractivity contribution in [1.29, 1.82) is 0 Å². The number of likely N-dealkylation sites (N-methyl/N-ethyl adjacent to an activating group) is 1. The van der Waals surface area contributed by atoms with E-state index < -0.39 is 46.3 Å². The maximum atomic E-state index is 14.1. The summed E-state index contributed by atoms with van der Waals surface area (Å²) >= 11 is 6.22. The Bertz CT molecular complexity index is 1480. The molecule has 2 aromatic rings. The standard InChI is InChI=1S/C28H33ClN4O6S/c1-17-14-25(18(2)13-20(17)29)40(37,38)33-23-8-6-5-7-21(23)31-27(35)24(33)16-26(34)30-22(28(36)39-4)15-19-9-11-32(3)12-10-19/h5-9,13-14,22,24H,10-12,15-16H2,1-4H3,(H,30,34)(H,31,35)/t22-,24-/m1/s1. The number of rotatable bonds is 8. The zero-order chi connectivity index (χ0) is 29.2. The number of benzene rings is 2. The summed E-state index contributed by atoms with van der Waals surface area (Å²) in [5.74, 6) is -1.94. The smallest absolute Gasteiger partial charge is 0.328 e. The van der Waals surface area contributed by atoms with Crippen LogP contribution in [0.2, 0.25) is 5.02 Å². The normalized spacial score (nSPS) is 18.3. The maximum absolute atomic E-state index is 14.1. The van der Waals surface area contributed by atoms with Gasteiger partial charge in [-0.15, -0.1) is 0 Å². The fourth-order valence-corrected chi connectivity index (χ4v) is 7.04. The van der Waals surface area contributed by atoms with Crippen LogP contribution in [0.15, 0.2) is 52.9 Å². The molecule has 2 aliphatic rings. The topological polar surface area (TPSA) is 125 Å². The SMILES string of the molecule is COC(=O)[C@@H](CC1=CCN(C)CC1)NC(=O)C[C@@H]1C(=O)Nc2ccccc2N1S(=O)(=O)c1cc(C)c(Cl)cc1C. The summed E-state index contributed by atoms with van der Waals surface area (Å²) in [6, 6.07) is 7.12. The Morgan fingerprint density at radius 3 is 2.60 bits per heavy atom. The molecule has 2 aliphatic heterocycles.